The van der Waals surface area contributed by atoms with E-state index in [-0.39, 0.29) is 18.4 Å². The molecule has 7 nitrogen and oxygen atoms in total. The van der Waals surface area contributed by atoms with Gasteiger partial charge in [0.1, 0.15) is 11.9 Å². The summed E-state index contributed by atoms with van der Waals surface area (Å²) in [6, 6.07) is 23.2. The van der Waals surface area contributed by atoms with E-state index in [4.69, 9.17) is 4.74 Å². The van der Waals surface area contributed by atoms with Crippen LogP contribution in [0.15, 0.2) is 72.8 Å². The van der Waals surface area contributed by atoms with E-state index in [9.17, 15) is 14.7 Å². The standard InChI is InChI=1S/C32H39N3O4/c1-22-9-12-24(13-10-22)18-27(34-31(37)28-14-11-23(2)17-30(28)39-3)19-29(36)32(38)33-26-15-16-35(21-26)20-25-7-5-4-6-8-25/h4-14,17,26-27,29,36H,15-16,18-21H2,1-3H3,(H,33,38)(H,34,37). The third-order valence-electron chi connectivity index (χ3n) is 7.22. The molecule has 0 radical (unpaired) electrons. The summed E-state index contributed by atoms with van der Waals surface area (Å²) in [5.74, 6) is -0.220. The Labute approximate surface area is 231 Å². The minimum absolute atomic E-state index is 0.0159. The van der Waals surface area contributed by atoms with Crippen molar-refractivity contribution < 1.29 is 19.4 Å². The summed E-state index contributed by atoms with van der Waals surface area (Å²) < 4.78 is 5.42. The van der Waals surface area contributed by atoms with E-state index in [0.717, 1.165) is 42.7 Å². The molecule has 3 atom stereocenters. The Morgan fingerprint density at radius 1 is 1.00 bits per heavy atom. The fourth-order valence-corrected chi connectivity index (χ4v) is 5.06. The fourth-order valence-electron chi connectivity index (χ4n) is 5.06. The molecule has 0 saturated carbocycles. The average molecular weight is 530 g/mol. The highest BCUT2D eigenvalue weighted by Crippen LogP contribution is 2.21. The Bertz CT molecular complexity index is 1250. The highest BCUT2D eigenvalue weighted by molar-refractivity contribution is 5.97. The van der Waals surface area contributed by atoms with Crippen LogP contribution in [-0.2, 0) is 17.8 Å². The molecule has 0 bridgehead atoms. The zero-order valence-electron chi connectivity index (χ0n) is 23.0. The van der Waals surface area contributed by atoms with Crippen molar-refractivity contribution in [3.05, 3.63) is 101 Å². The quantitative estimate of drug-likeness (QED) is 0.352. The van der Waals surface area contributed by atoms with Gasteiger partial charge in [0, 0.05) is 38.1 Å². The van der Waals surface area contributed by atoms with Gasteiger partial charge < -0.3 is 20.5 Å². The molecule has 0 aliphatic carbocycles. The number of likely N-dealkylation sites (tertiary alicyclic amines) is 1. The molecule has 3 unspecified atom stereocenters. The van der Waals surface area contributed by atoms with Crippen LogP contribution in [0.3, 0.4) is 0 Å². The van der Waals surface area contributed by atoms with Crippen molar-refractivity contribution >= 4 is 11.8 Å². The predicted octanol–water partition coefficient (Wildman–Crippen LogP) is 3.79. The normalized spacial score (nSPS) is 16.9. The smallest absolute Gasteiger partial charge is 0.255 e. The summed E-state index contributed by atoms with van der Waals surface area (Å²) in [4.78, 5) is 28.5. The molecule has 1 aliphatic heterocycles. The first-order valence-electron chi connectivity index (χ1n) is 13.6. The highest BCUT2D eigenvalue weighted by atomic mass is 16.5. The second-order valence-corrected chi connectivity index (χ2v) is 10.5. The van der Waals surface area contributed by atoms with Crippen LogP contribution < -0.4 is 15.4 Å². The van der Waals surface area contributed by atoms with Gasteiger partial charge in [0.25, 0.3) is 5.91 Å². The number of carbonyl (C=O) groups excluding carboxylic acids is 2. The molecule has 1 heterocycles. The summed E-state index contributed by atoms with van der Waals surface area (Å²) in [5, 5.41) is 16.9. The SMILES string of the molecule is COc1cc(C)ccc1C(=O)NC(Cc1ccc(C)cc1)CC(O)C(=O)NC1CCN(Cc2ccccc2)C1. The van der Waals surface area contributed by atoms with Crippen LogP contribution in [-0.4, -0.2) is 60.2 Å². The lowest BCUT2D eigenvalue weighted by Crippen LogP contribution is -2.46. The number of methoxy groups -OCH3 is 1. The van der Waals surface area contributed by atoms with Gasteiger partial charge in [-0.3, -0.25) is 14.5 Å². The van der Waals surface area contributed by atoms with Crippen LogP contribution in [0.2, 0.25) is 0 Å². The maximum Gasteiger partial charge on any atom is 0.255 e. The zero-order chi connectivity index (χ0) is 27.8. The minimum atomic E-state index is -1.25. The lowest BCUT2D eigenvalue weighted by molar-refractivity contribution is -0.130. The van der Waals surface area contributed by atoms with Crippen molar-refractivity contribution in [2.75, 3.05) is 20.2 Å². The number of carbonyl (C=O) groups is 2. The summed E-state index contributed by atoms with van der Waals surface area (Å²) in [6.45, 7) is 6.42. The Morgan fingerprint density at radius 3 is 2.44 bits per heavy atom. The molecule has 0 aromatic heterocycles. The number of aryl methyl sites for hydroxylation is 2. The molecule has 1 fully saturated rings. The second kappa shape index (κ2) is 13.4. The van der Waals surface area contributed by atoms with Gasteiger partial charge in [-0.05, 0) is 55.5 Å². The monoisotopic (exact) mass is 529 g/mol. The van der Waals surface area contributed by atoms with E-state index >= 15 is 0 Å². The van der Waals surface area contributed by atoms with Gasteiger partial charge in [0.2, 0.25) is 5.91 Å². The van der Waals surface area contributed by atoms with Gasteiger partial charge in [-0.2, -0.15) is 0 Å². The second-order valence-electron chi connectivity index (χ2n) is 10.5. The molecule has 4 rings (SSSR count). The van der Waals surface area contributed by atoms with E-state index in [2.05, 4.69) is 27.7 Å². The predicted molar refractivity (Wildman–Crippen MR) is 153 cm³/mol. The number of hydrogen-bond acceptors (Lipinski definition) is 5. The molecule has 3 N–H and O–H groups in total. The van der Waals surface area contributed by atoms with Crippen molar-refractivity contribution in [2.24, 2.45) is 0 Å². The number of rotatable bonds is 11. The molecule has 2 amide bonds. The van der Waals surface area contributed by atoms with Crippen LogP contribution in [0.25, 0.3) is 0 Å². The van der Waals surface area contributed by atoms with Crippen LogP contribution >= 0.6 is 0 Å². The maximum atomic E-state index is 13.2. The van der Waals surface area contributed by atoms with Crippen LogP contribution in [0, 0.1) is 13.8 Å². The summed E-state index contributed by atoms with van der Waals surface area (Å²) in [5.41, 5.74) is 4.80. The summed E-state index contributed by atoms with van der Waals surface area (Å²) in [6.07, 6.45) is 0.171. The number of amides is 2. The summed E-state index contributed by atoms with van der Waals surface area (Å²) in [7, 11) is 1.54. The number of aliphatic hydroxyl groups excluding tert-OH is 1. The number of benzene rings is 3. The van der Waals surface area contributed by atoms with E-state index in [1.54, 1.807) is 6.07 Å². The molecule has 3 aromatic carbocycles. The van der Waals surface area contributed by atoms with Gasteiger partial charge in [-0.1, -0.05) is 66.2 Å². The molecular formula is C32H39N3O4. The molecule has 7 heteroatoms. The number of nitrogens with zero attached hydrogens (tertiary/aromatic N) is 1. The average Bonchev–Trinajstić information content (AvgIpc) is 3.36. The molecule has 206 valence electrons. The molecule has 1 aliphatic rings. The van der Waals surface area contributed by atoms with E-state index < -0.39 is 18.1 Å². The molecular weight excluding hydrogens is 490 g/mol. The number of nitrogens with one attached hydrogen (secondary N) is 2. The van der Waals surface area contributed by atoms with E-state index in [0.29, 0.717) is 17.7 Å². The Hall–Kier alpha value is -3.68. The van der Waals surface area contributed by atoms with Gasteiger partial charge in [0.05, 0.1) is 12.7 Å². The highest BCUT2D eigenvalue weighted by Gasteiger charge is 2.28. The Morgan fingerprint density at radius 2 is 1.72 bits per heavy atom. The zero-order valence-corrected chi connectivity index (χ0v) is 23.0. The van der Waals surface area contributed by atoms with Crippen LogP contribution in [0.1, 0.15) is 45.5 Å². The van der Waals surface area contributed by atoms with Crippen molar-refractivity contribution in [1.82, 2.24) is 15.5 Å². The Balaban J connectivity index is 1.38. The van der Waals surface area contributed by atoms with Gasteiger partial charge in [-0.15, -0.1) is 0 Å². The number of hydrogen-bond donors (Lipinski definition) is 3. The molecule has 1 saturated heterocycles. The molecule has 0 spiro atoms. The lowest BCUT2D eigenvalue weighted by Gasteiger charge is -2.23. The third kappa shape index (κ3) is 8.15. The van der Waals surface area contributed by atoms with Crippen molar-refractivity contribution in [2.45, 2.75) is 57.8 Å². The third-order valence-corrected chi connectivity index (χ3v) is 7.22. The van der Waals surface area contributed by atoms with E-state index in [1.165, 1.54) is 12.7 Å². The fraction of sp³-hybridized carbons (Fsp3) is 0.375. The van der Waals surface area contributed by atoms with Crippen molar-refractivity contribution in [3.63, 3.8) is 0 Å². The van der Waals surface area contributed by atoms with Gasteiger partial charge >= 0.3 is 0 Å². The van der Waals surface area contributed by atoms with Crippen LogP contribution in [0.5, 0.6) is 5.75 Å². The molecule has 3 aromatic rings. The van der Waals surface area contributed by atoms with Gasteiger partial charge in [-0.25, -0.2) is 0 Å². The first kappa shape index (κ1) is 28.3. The minimum Gasteiger partial charge on any atom is -0.496 e. The van der Waals surface area contributed by atoms with Crippen LogP contribution in [0.4, 0.5) is 0 Å². The van der Waals surface area contributed by atoms with Gasteiger partial charge in [0.15, 0.2) is 0 Å². The lowest BCUT2D eigenvalue weighted by atomic mass is 9.98. The largest absolute Gasteiger partial charge is 0.496 e. The van der Waals surface area contributed by atoms with Crippen molar-refractivity contribution in [3.8, 4) is 5.75 Å². The Kier molecular flexibility index (Phi) is 9.74. The topological polar surface area (TPSA) is 90.9 Å². The first-order chi connectivity index (χ1) is 18.8. The first-order valence-corrected chi connectivity index (χ1v) is 13.6. The number of aliphatic hydroxyl groups is 1. The number of ether oxygens (including phenoxy) is 1. The maximum absolute atomic E-state index is 13.2. The molecule has 39 heavy (non-hydrogen) atoms. The summed E-state index contributed by atoms with van der Waals surface area (Å²) >= 11 is 0. The van der Waals surface area contributed by atoms with Crippen molar-refractivity contribution in [1.29, 1.82) is 0 Å². The van der Waals surface area contributed by atoms with E-state index in [1.807, 2.05) is 68.4 Å².